The van der Waals surface area contributed by atoms with E-state index in [0.717, 1.165) is 5.69 Å². The number of hydrogen-bond donors (Lipinski definition) is 0. The van der Waals surface area contributed by atoms with Crippen LogP contribution in [0.25, 0.3) is 0 Å². The number of anilines is 1. The predicted molar refractivity (Wildman–Crippen MR) is 97.9 cm³/mol. The van der Waals surface area contributed by atoms with Gasteiger partial charge >= 0.3 is 0 Å². The predicted octanol–water partition coefficient (Wildman–Crippen LogP) is 0.00920. The molecule has 1 atom stereocenters. The average molecular weight is 380 g/mol. The molecule has 9 heteroatoms. The van der Waals surface area contributed by atoms with E-state index in [4.69, 9.17) is 0 Å². The van der Waals surface area contributed by atoms with E-state index >= 15 is 0 Å². The van der Waals surface area contributed by atoms with Gasteiger partial charge < -0.3 is 14.7 Å². The van der Waals surface area contributed by atoms with E-state index in [0.29, 0.717) is 38.2 Å². The Morgan fingerprint density at radius 1 is 1.19 bits per heavy atom. The van der Waals surface area contributed by atoms with Crippen LogP contribution in [-0.4, -0.2) is 85.8 Å². The van der Waals surface area contributed by atoms with Crippen molar-refractivity contribution in [1.29, 1.82) is 0 Å². The molecule has 3 heterocycles. The number of hydrogen-bond acceptors (Lipinski definition) is 6. The van der Waals surface area contributed by atoms with Gasteiger partial charge in [-0.05, 0) is 12.5 Å². The van der Waals surface area contributed by atoms with Gasteiger partial charge in [0.05, 0.1) is 29.0 Å². The molecule has 0 radical (unpaired) electrons. The largest absolute Gasteiger partial charge is 0.367 e. The summed E-state index contributed by atoms with van der Waals surface area (Å²) in [6, 6.07) is 1.51. The molecule has 0 aromatic carbocycles. The molecule has 1 unspecified atom stereocenters. The maximum absolute atomic E-state index is 12.7. The summed E-state index contributed by atoms with van der Waals surface area (Å²) in [5.41, 5.74) is 1.29. The van der Waals surface area contributed by atoms with Crippen molar-refractivity contribution in [3.05, 3.63) is 24.0 Å². The zero-order valence-electron chi connectivity index (χ0n) is 15.1. The fraction of sp³-hybridized carbons (Fsp3) is 0.588. The molecule has 1 aromatic rings. The van der Waals surface area contributed by atoms with E-state index in [1.165, 1.54) is 11.1 Å². The molecule has 1 aromatic heterocycles. The first-order chi connectivity index (χ1) is 12.3. The number of carbonyl (C=O) groups excluding carboxylic acids is 2. The van der Waals surface area contributed by atoms with Crippen LogP contribution in [0, 0.1) is 0 Å². The Labute approximate surface area is 153 Å². The van der Waals surface area contributed by atoms with Gasteiger partial charge in [0.1, 0.15) is 0 Å². The molecule has 2 aliphatic rings. The van der Waals surface area contributed by atoms with Crippen LogP contribution in [0.1, 0.15) is 23.7 Å². The van der Waals surface area contributed by atoms with Gasteiger partial charge in [0.25, 0.3) is 5.91 Å². The average Bonchev–Trinajstić information content (AvgIpc) is 3.00. The van der Waals surface area contributed by atoms with E-state index in [9.17, 15) is 18.0 Å². The van der Waals surface area contributed by atoms with Crippen molar-refractivity contribution >= 4 is 27.3 Å². The molecule has 26 heavy (non-hydrogen) atoms. The fourth-order valence-corrected chi connectivity index (χ4v) is 5.22. The van der Waals surface area contributed by atoms with E-state index < -0.39 is 9.84 Å². The van der Waals surface area contributed by atoms with Crippen molar-refractivity contribution in [1.82, 2.24) is 14.8 Å². The molecule has 142 valence electrons. The zero-order valence-corrected chi connectivity index (χ0v) is 15.9. The summed E-state index contributed by atoms with van der Waals surface area (Å²) in [5, 5.41) is 0. The summed E-state index contributed by atoms with van der Waals surface area (Å²) in [5.74, 6) is 0.00674. The Kier molecular flexibility index (Phi) is 5.17. The summed E-state index contributed by atoms with van der Waals surface area (Å²) in [4.78, 5) is 33.8. The minimum atomic E-state index is -3.04. The lowest BCUT2D eigenvalue weighted by Crippen LogP contribution is -2.48. The van der Waals surface area contributed by atoms with Crippen molar-refractivity contribution < 1.29 is 18.0 Å². The number of rotatable bonds is 3. The highest BCUT2D eigenvalue weighted by Gasteiger charge is 2.33. The molecule has 2 fully saturated rings. The van der Waals surface area contributed by atoms with Crippen LogP contribution >= 0.6 is 0 Å². The van der Waals surface area contributed by atoms with Crippen LogP contribution in [0.2, 0.25) is 0 Å². The number of aromatic nitrogens is 1. The van der Waals surface area contributed by atoms with E-state index in [-0.39, 0.29) is 29.4 Å². The Hall–Kier alpha value is -2.16. The molecule has 2 aliphatic heterocycles. The SMILES string of the molecule is CC(=O)N1CCN(c2cncc(C(=O)N(C)C3CCS(=O)(=O)C3)c2)CC1. The number of carbonyl (C=O) groups is 2. The van der Waals surface area contributed by atoms with Crippen molar-refractivity contribution in [3.63, 3.8) is 0 Å². The summed E-state index contributed by atoms with van der Waals surface area (Å²) < 4.78 is 23.3. The van der Waals surface area contributed by atoms with Gasteiger partial charge in [0.15, 0.2) is 9.84 Å². The molecule has 2 amide bonds. The Balaban J connectivity index is 1.69. The molecule has 0 spiro atoms. The molecule has 0 N–H and O–H groups in total. The van der Waals surface area contributed by atoms with Gasteiger partial charge in [-0.1, -0.05) is 0 Å². The fourth-order valence-electron chi connectivity index (χ4n) is 3.45. The Bertz CT molecular complexity index is 803. The van der Waals surface area contributed by atoms with Gasteiger partial charge in [-0.2, -0.15) is 0 Å². The Morgan fingerprint density at radius 3 is 2.46 bits per heavy atom. The van der Waals surface area contributed by atoms with Gasteiger partial charge in [0, 0.05) is 52.4 Å². The van der Waals surface area contributed by atoms with Crippen LogP contribution in [-0.2, 0) is 14.6 Å². The molecular formula is C17H24N4O4S. The topological polar surface area (TPSA) is 90.9 Å². The lowest BCUT2D eigenvalue weighted by Gasteiger charge is -2.35. The van der Waals surface area contributed by atoms with E-state index in [1.807, 2.05) is 0 Å². The first-order valence-corrected chi connectivity index (χ1v) is 10.5. The summed E-state index contributed by atoms with van der Waals surface area (Å²) >= 11 is 0. The molecule has 0 saturated carbocycles. The summed E-state index contributed by atoms with van der Waals surface area (Å²) in [7, 11) is -1.40. The van der Waals surface area contributed by atoms with Gasteiger partial charge in [-0.15, -0.1) is 0 Å². The second kappa shape index (κ2) is 7.22. The second-order valence-electron chi connectivity index (χ2n) is 6.90. The van der Waals surface area contributed by atoms with Gasteiger partial charge in [0.2, 0.25) is 5.91 Å². The third-order valence-corrected chi connectivity index (χ3v) is 6.89. The highest BCUT2D eigenvalue weighted by molar-refractivity contribution is 7.91. The minimum absolute atomic E-state index is 0.0232. The third-order valence-electron chi connectivity index (χ3n) is 5.14. The normalized spacial score (nSPS) is 22.3. The smallest absolute Gasteiger partial charge is 0.255 e. The summed E-state index contributed by atoms with van der Waals surface area (Å²) in [6.45, 7) is 4.24. The van der Waals surface area contributed by atoms with Crippen molar-refractivity contribution in [2.75, 3.05) is 49.6 Å². The number of pyridine rings is 1. The van der Waals surface area contributed by atoms with Crippen LogP contribution in [0.5, 0.6) is 0 Å². The van der Waals surface area contributed by atoms with Crippen LogP contribution in [0.3, 0.4) is 0 Å². The van der Waals surface area contributed by atoms with Crippen molar-refractivity contribution in [2.45, 2.75) is 19.4 Å². The van der Waals surface area contributed by atoms with E-state index in [1.54, 1.807) is 31.1 Å². The minimum Gasteiger partial charge on any atom is -0.367 e. The first kappa shape index (κ1) is 18.6. The lowest BCUT2D eigenvalue weighted by atomic mass is 10.1. The van der Waals surface area contributed by atoms with Crippen LogP contribution in [0.4, 0.5) is 5.69 Å². The quantitative estimate of drug-likeness (QED) is 0.734. The first-order valence-electron chi connectivity index (χ1n) is 8.70. The molecular weight excluding hydrogens is 356 g/mol. The number of nitrogens with zero attached hydrogens (tertiary/aromatic N) is 4. The molecule has 0 aliphatic carbocycles. The highest BCUT2D eigenvalue weighted by atomic mass is 32.2. The third kappa shape index (κ3) is 3.98. The molecule has 2 saturated heterocycles. The molecule has 8 nitrogen and oxygen atoms in total. The number of piperazine rings is 1. The second-order valence-corrected chi connectivity index (χ2v) is 9.13. The molecule has 0 bridgehead atoms. The monoisotopic (exact) mass is 380 g/mol. The lowest BCUT2D eigenvalue weighted by molar-refractivity contribution is -0.129. The van der Waals surface area contributed by atoms with Crippen LogP contribution in [0.15, 0.2) is 18.5 Å². The summed E-state index contributed by atoms with van der Waals surface area (Å²) in [6.07, 6.45) is 3.70. The molecule has 3 rings (SSSR count). The maximum Gasteiger partial charge on any atom is 0.255 e. The highest BCUT2D eigenvalue weighted by Crippen LogP contribution is 2.21. The van der Waals surface area contributed by atoms with Crippen molar-refractivity contribution in [2.24, 2.45) is 0 Å². The zero-order chi connectivity index (χ0) is 18.9. The number of amides is 2. The van der Waals surface area contributed by atoms with E-state index in [2.05, 4.69) is 9.88 Å². The van der Waals surface area contributed by atoms with Crippen LogP contribution < -0.4 is 4.90 Å². The Morgan fingerprint density at radius 2 is 1.88 bits per heavy atom. The number of sulfone groups is 1. The van der Waals surface area contributed by atoms with Crippen molar-refractivity contribution in [3.8, 4) is 0 Å². The maximum atomic E-state index is 12.7. The van der Waals surface area contributed by atoms with Gasteiger partial charge in [-0.3, -0.25) is 14.6 Å². The standard InChI is InChI=1S/C17H24N4O4S/c1-13(22)20-4-6-21(7-5-20)16-9-14(10-18-11-16)17(23)19(2)15-3-8-26(24,25)12-15/h9-11,15H,3-8,12H2,1-2H3. The van der Waals surface area contributed by atoms with Gasteiger partial charge in [-0.25, -0.2) is 8.42 Å².